The van der Waals surface area contributed by atoms with Gasteiger partial charge in [0.2, 0.25) is 11.7 Å². The number of ether oxygens (including phenoxy) is 1. The topological polar surface area (TPSA) is 116 Å². The van der Waals surface area contributed by atoms with Gasteiger partial charge in [-0.05, 0) is 49.9 Å². The van der Waals surface area contributed by atoms with E-state index in [9.17, 15) is 9.90 Å². The maximum atomic E-state index is 15.7. The van der Waals surface area contributed by atoms with Crippen molar-refractivity contribution in [3.8, 4) is 45.6 Å². The van der Waals surface area contributed by atoms with Gasteiger partial charge in [0.15, 0.2) is 0 Å². The Hall–Kier alpha value is -4.86. The average molecular weight is 570 g/mol. The zero-order chi connectivity index (χ0) is 29.8. The molecule has 216 valence electrons. The molecule has 0 amide bonds. The van der Waals surface area contributed by atoms with E-state index in [2.05, 4.69) is 15.1 Å². The summed E-state index contributed by atoms with van der Waals surface area (Å²) in [7, 11) is 0. The molecule has 0 bridgehead atoms. The standard InChI is InChI=1S/C32H32FN5O4/c1-5-9-27-35-26(6-2)29(21-14-15-28(34-17-21)41-19(3)4)31(39)38(27)18-22-13-12-20(16-25(22)33)23-10-7-8-11-24(23)30-36-32(40)42-37-30/h7-8,10-17,19H,5-6,9,18H2,1-4H3,(H,36,37,40). The lowest BCUT2D eigenvalue weighted by molar-refractivity contribution is 0.232. The molecule has 0 aliphatic heterocycles. The lowest BCUT2D eigenvalue weighted by atomic mass is 9.98. The Morgan fingerprint density at radius 1 is 1.02 bits per heavy atom. The Bertz CT molecular complexity index is 1760. The maximum Gasteiger partial charge on any atom is 0.415 e. The number of aryl methyl sites for hydroxylation is 2. The van der Waals surface area contributed by atoms with E-state index in [0.717, 1.165) is 6.42 Å². The van der Waals surface area contributed by atoms with Gasteiger partial charge in [-0.3, -0.25) is 13.9 Å². The Labute approximate surface area is 242 Å². The molecule has 5 aromatic rings. The van der Waals surface area contributed by atoms with E-state index >= 15 is 4.39 Å². The maximum absolute atomic E-state index is 15.7. The van der Waals surface area contributed by atoms with Crippen LogP contribution < -0.4 is 10.3 Å². The molecule has 42 heavy (non-hydrogen) atoms. The van der Waals surface area contributed by atoms with Crippen LogP contribution in [0, 0.1) is 5.82 Å². The fraction of sp³-hybridized carbons (Fsp3) is 0.281. The number of pyridine rings is 1. The van der Waals surface area contributed by atoms with E-state index in [0.29, 0.717) is 63.6 Å². The molecule has 0 aliphatic carbocycles. The number of benzene rings is 2. The van der Waals surface area contributed by atoms with Crippen LogP contribution in [0.2, 0.25) is 0 Å². The first kappa shape index (κ1) is 28.7. The largest absolute Gasteiger partial charge is 0.475 e. The third kappa shape index (κ3) is 5.93. The molecular weight excluding hydrogens is 537 g/mol. The zero-order valence-electron chi connectivity index (χ0n) is 24.0. The summed E-state index contributed by atoms with van der Waals surface area (Å²) in [5, 5.41) is 13.3. The van der Waals surface area contributed by atoms with Crippen molar-refractivity contribution < 1.29 is 18.8 Å². The van der Waals surface area contributed by atoms with E-state index in [-0.39, 0.29) is 24.0 Å². The molecule has 2 aromatic carbocycles. The molecule has 10 heteroatoms. The van der Waals surface area contributed by atoms with Crippen LogP contribution in [0.3, 0.4) is 0 Å². The van der Waals surface area contributed by atoms with Gasteiger partial charge in [-0.15, -0.1) is 0 Å². The molecule has 0 unspecified atom stereocenters. The molecule has 1 N–H and O–H groups in total. The Morgan fingerprint density at radius 2 is 1.79 bits per heavy atom. The molecule has 3 heterocycles. The molecule has 0 saturated heterocycles. The van der Waals surface area contributed by atoms with Crippen LogP contribution in [0.5, 0.6) is 12.0 Å². The monoisotopic (exact) mass is 569 g/mol. The van der Waals surface area contributed by atoms with Crippen LogP contribution >= 0.6 is 0 Å². The minimum Gasteiger partial charge on any atom is -0.475 e. The van der Waals surface area contributed by atoms with Gasteiger partial charge in [-0.25, -0.2) is 14.4 Å². The third-order valence-electron chi connectivity index (χ3n) is 6.79. The molecule has 9 nitrogen and oxygen atoms in total. The number of hydrogen-bond donors (Lipinski definition) is 1. The van der Waals surface area contributed by atoms with Crippen molar-refractivity contribution in [2.24, 2.45) is 0 Å². The van der Waals surface area contributed by atoms with E-state index in [1.54, 1.807) is 41.1 Å². The lowest BCUT2D eigenvalue weighted by Gasteiger charge is -2.18. The number of nitrogens with zero attached hydrogens (tertiary/aromatic N) is 5. The van der Waals surface area contributed by atoms with Gasteiger partial charge in [0.1, 0.15) is 11.6 Å². The smallest absolute Gasteiger partial charge is 0.415 e. The van der Waals surface area contributed by atoms with Crippen molar-refractivity contribution in [2.75, 3.05) is 0 Å². The molecule has 0 atom stereocenters. The van der Waals surface area contributed by atoms with Gasteiger partial charge in [-0.1, -0.05) is 55.4 Å². The van der Waals surface area contributed by atoms with Crippen LogP contribution in [-0.4, -0.2) is 35.9 Å². The van der Waals surface area contributed by atoms with Crippen LogP contribution in [0.25, 0.3) is 33.6 Å². The summed E-state index contributed by atoms with van der Waals surface area (Å²) in [6.45, 7) is 7.84. The molecule has 0 fully saturated rings. The summed E-state index contributed by atoms with van der Waals surface area (Å²) >= 11 is 0. The summed E-state index contributed by atoms with van der Waals surface area (Å²) in [6.07, 6.45) is 2.97. The highest BCUT2D eigenvalue weighted by Gasteiger charge is 2.20. The number of aromatic hydroxyl groups is 1. The highest BCUT2D eigenvalue weighted by Crippen LogP contribution is 2.32. The first-order valence-corrected chi connectivity index (χ1v) is 14.0. The Morgan fingerprint density at radius 3 is 2.40 bits per heavy atom. The fourth-order valence-electron chi connectivity index (χ4n) is 4.88. The number of aromatic nitrogens is 5. The van der Waals surface area contributed by atoms with Crippen molar-refractivity contribution in [1.82, 2.24) is 24.7 Å². The molecular formula is C32H32FN5O4. The second-order valence-electron chi connectivity index (χ2n) is 10.1. The Balaban J connectivity index is 1.54. The SMILES string of the molecule is CCCc1nc(CC)c(-c2ccc(OC(C)C)nc2)c(=O)n1Cc1ccc(-c2ccccc2-c2noc(O)n2)cc1F. The highest BCUT2D eigenvalue weighted by atomic mass is 19.1. The van der Waals surface area contributed by atoms with E-state index < -0.39 is 11.9 Å². The van der Waals surface area contributed by atoms with Crippen molar-refractivity contribution in [3.63, 3.8) is 0 Å². The first-order chi connectivity index (χ1) is 20.3. The number of halogens is 1. The quantitative estimate of drug-likeness (QED) is 0.211. The van der Waals surface area contributed by atoms with Gasteiger partial charge >= 0.3 is 6.08 Å². The summed E-state index contributed by atoms with van der Waals surface area (Å²) in [6, 6.07) is 15.6. The minimum atomic E-state index is -0.549. The van der Waals surface area contributed by atoms with Gasteiger partial charge in [0, 0.05) is 35.4 Å². The second kappa shape index (κ2) is 12.3. The number of hydrogen-bond acceptors (Lipinski definition) is 8. The number of rotatable bonds is 10. The summed E-state index contributed by atoms with van der Waals surface area (Å²) in [5.74, 6) is 0.811. The molecule has 0 saturated carbocycles. The second-order valence-corrected chi connectivity index (χ2v) is 10.1. The lowest BCUT2D eigenvalue weighted by Crippen LogP contribution is -2.29. The van der Waals surface area contributed by atoms with Crippen molar-refractivity contribution >= 4 is 0 Å². The molecule has 0 radical (unpaired) electrons. The predicted octanol–water partition coefficient (Wildman–Crippen LogP) is 6.22. The van der Waals surface area contributed by atoms with Gasteiger partial charge < -0.3 is 9.84 Å². The summed E-state index contributed by atoms with van der Waals surface area (Å²) in [4.78, 5) is 27.2. The van der Waals surface area contributed by atoms with Gasteiger partial charge in [0.05, 0.1) is 23.9 Å². The molecule has 3 aromatic heterocycles. The normalized spacial score (nSPS) is 11.3. The average Bonchev–Trinajstić information content (AvgIpc) is 3.42. The van der Waals surface area contributed by atoms with Crippen molar-refractivity contribution in [1.29, 1.82) is 0 Å². The molecule has 0 aliphatic rings. The highest BCUT2D eigenvalue weighted by molar-refractivity contribution is 5.80. The van der Waals surface area contributed by atoms with Crippen molar-refractivity contribution in [2.45, 2.75) is 59.6 Å². The van der Waals surface area contributed by atoms with E-state index in [1.807, 2.05) is 45.9 Å². The summed E-state index contributed by atoms with van der Waals surface area (Å²) in [5.41, 5.74) is 3.72. The van der Waals surface area contributed by atoms with Gasteiger partial charge in [-0.2, -0.15) is 4.98 Å². The predicted molar refractivity (Wildman–Crippen MR) is 157 cm³/mol. The van der Waals surface area contributed by atoms with Crippen LogP contribution in [-0.2, 0) is 19.4 Å². The summed E-state index contributed by atoms with van der Waals surface area (Å²) < 4.78 is 27.6. The van der Waals surface area contributed by atoms with Crippen molar-refractivity contribution in [3.05, 3.63) is 94.0 Å². The molecule has 5 rings (SSSR count). The fourth-order valence-corrected chi connectivity index (χ4v) is 4.88. The Kier molecular flexibility index (Phi) is 8.42. The molecule has 0 spiro atoms. The first-order valence-electron chi connectivity index (χ1n) is 14.0. The van der Waals surface area contributed by atoms with Gasteiger partial charge in [0.25, 0.3) is 5.56 Å². The van der Waals surface area contributed by atoms with Crippen LogP contribution in [0.15, 0.2) is 70.1 Å². The van der Waals surface area contributed by atoms with E-state index in [1.165, 1.54) is 6.07 Å². The van der Waals surface area contributed by atoms with Crippen LogP contribution in [0.1, 0.15) is 51.2 Å². The third-order valence-corrected chi connectivity index (χ3v) is 6.79. The van der Waals surface area contributed by atoms with Crippen LogP contribution in [0.4, 0.5) is 4.39 Å². The van der Waals surface area contributed by atoms with E-state index in [4.69, 9.17) is 14.2 Å². The zero-order valence-corrected chi connectivity index (χ0v) is 24.0. The minimum absolute atomic E-state index is 0.0204.